The van der Waals surface area contributed by atoms with Gasteiger partial charge >= 0.3 is 5.97 Å². The highest BCUT2D eigenvalue weighted by atomic mass is 35.5. The van der Waals surface area contributed by atoms with Crippen LogP contribution in [-0.4, -0.2) is 43.0 Å². The van der Waals surface area contributed by atoms with E-state index in [0.29, 0.717) is 35.3 Å². The smallest absolute Gasteiger partial charge is 0.337 e. The minimum atomic E-state index is -0.412. The largest absolute Gasteiger partial charge is 0.465 e. The molecular formula is C18H25ClN2O3. The summed E-state index contributed by atoms with van der Waals surface area (Å²) < 4.78 is 4.71. The highest BCUT2D eigenvalue weighted by Gasteiger charge is 2.24. The van der Waals surface area contributed by atoms with Crippen molar-refractivity contribution in [2.45, 2.75) is 45.1 Å². The molecule has 0 aliphatic carbocycles. The molecule has 1 aromatic rings. The van der Waals surface area contributed by atoms with Gasteiger partial charge in [0.05, 0.1) is 23.4 Å². The SMILES string of the molecule is CCC1CCCCN1C(=O)CCNc1cc(C(=O)OC)ccc1Cl. The average molecular weight is 353 g/mol. The Labute approximate surface area is 148 Å². The minimum Gasteiger partial charge on any atom is -0.465 e. The summed E-state index contributed by atoms with van der Waals surface area (Å²) in [6, 6.07) is 5.28. The third-order valence-electron chi connectivity index (χ3n) is 4.46. The van der Waals surface area contributed by atoms with Crippen molar-refractivity contribution in [3.8, 4) is 0 Å². The number of hydrogen-bond acceptors (Lipinski definition) is 4. The minimum absolute atomic E-state index is 0.175. The van der Waals surface area contributed by atoms with Crippen LogP contribution in [0.2, 0.25) is 5.02 Å². The fourth-order valence-electron chi connectivity index (χ4n) is 3.11. The first-order chi connectivity index (χ1) is 11.6. The van der Waals surface area contributed by atoms with Crippen molar-refractivity contribution in [2.75, 3.05) is 25.5 Å². The Kier molecular flexibility index (Phi) is 6.91. The molecule has 0 bridgehead atoms. The van der Waals surface area contributed by atoms with Crippen molar-refractivity contribution in [1.82, 2.24) is 4.90 Å². The van der Waals surface area contributed by atoms with Gasteiger partial charge in [0, 0.05) is 25.6 Å². The molecule has 24 heavy (non-hydrogen) atoms. The fraction of sp³-hybridized carbons (Fsp3) is 0.556. The molecule has 5 nitrogen and oxygen atoms in total. The lowest BCUT2D eigenvalue weighted by Crippen LogP contribution is -2.43. The van der Waals surface area contributed by atoms with E-state index in [0.717, 1.165) is 25.8 Å². The van der Waals surface area contributed by atoms with Gasteiger partial charge in [0.15, 0.2) is 0 Å². The molecule has 1 atom stereocenters. The lowest BCUT2D eigenvalue weighted by atomic mass is 9.99. The van der Waals surface area contributed by atoms with Gasteiger partial charge in [-0.2, -0.15) is 0 Å². The Balaban J connectivity index is 1.91. The average Bonchev–Trinajstić information content (AvgIpc) is 2.62. The Morgan fingerprint density at radius 2 is 2.17 bits per heavy atom. The molecule has 1 saturated heterocycles. The van der Waals surface area contributed by atoms with Gasteiger partial charge in [0.1, 0.15) is 0 Å². The normalized spacial score (nSPS) is 17.5. The summed E-state index contributed by atoms with van der Waals surface area (Å²) in [6.07, 6.45) is 4.81. The van der Waals surface area contributed by atoms with Crippen molar-refractivity contribution in [3.05, 3.63) is 28.8 Å². The van der Waals surface area contributed by atoms with Crippen LogP contribution in [0, 0.1) is 0 Å². The van der Waals surface area contributed by atoms with Crippen molar-refractivity contribution in [2.24, 2.45) is 0 Å². The van der Waals surface area contributed by atoms with Crippen molar-refractivity contribution >= 4 is 29.2 Å². The number of ether oxygens (including phenoxy) is 1. The van der Waals surface area contributed by atoms with Gasteiger partial charge in [-0.05, 0) is 43.9 Å². The molecule has 1 heterocycles. The summed E-state index contributed by atoms with van der Waals surface area (Å²) in [6.45, 7) is 3.47. The van der Waals surface area contributed by atoms with Crippen LogP contribution >= 0.6 is 11.6 Å². The Bertz CT molecular complexity index is 592. The molecule has 1 amide bonds. The molecule has 132 valence electrons. The summed E-state index contributed by atoms with van der Waals surface area (Å²) in [5.41, 5.74) is 1.07. The first-order valence-corrected chi connectivity index (χ1v) is 8.85. The van der Waals surface area contributed by atoms with E-state index < -0.39 is 5.97 Å². The molecule has 1 unspecified atom stereocenters. The standard InChI is InChI=1S/C18H25ClN2O3/c1-3-14-6-4-5-11-21(14)17(22)9-10-20-16-12-13(18(23)24-2)7-8-15(16)19/h7-8,12,14,20H,3-6,9-11H2,1-2H3. The van der Waals surface area contributed by atoms with E-state index in [9.17, 15) is 9.59 Å². The summed E-state index contributed by atoms with van der Waals surface area (Å²) in [5, 5.41) is 3.66. The molecule has 0 spiro atoms. The highest BCUT2D eigenvalue weighted by molar-refractivity contribution is 6.33. The van der Waals surface area contributed by atoms with Crippen LogP contribution in [0.1, 0.15) is 49.4 Å². The topological polar surface area (TPSA) is 58.6 Å². The maximum Gasteiger partial charge on any atom is 0.337 e. The summed E-state index contributed by atoms with van der Waals surface area (Å²) >= 11 is 6.14. The third-order valence-corrected chi connectivity index (χ3v) is 4.79. The Morgan fingerprint density at radius 3 is 2.88 bits per heavy atom. The van der Waals surface area contributed by atoms with E-state index in [1.807, 2.05) is 4.90 Å². The van der Waals surface area contributed by atoms with Crippen molar-refractivity contribution < 1.29 is 14.3 Å². The number of amides is 1. The number of carbonyl (C=O) groups is 2. The number of methoxy groups -OCH3 is 1. The third kappa shape index (κ3) is 4.63. The number of likely N-dealkylation sites (tertiary alicyclic amines) is 1. The number of nitrogens with zero attached hydrogens (tertiary/aromatic N) is 1. The van der Waals surface area contributed by atoms with Crippen LogP contribution in [0.15, 0.2) is 18.2 Å². The van der Waals surface area contributed by atoms with Gasteiger partial charge in [0.25, 0.3) is 0 Å². The van der Waals surface area contributed by atoms with Crippen LogP contribution < -0.4 is 5.32 Å². The predicted molar refractivity (Wildman–Crippen MR) is 95.5 cm³/mol. The van der Waals surface area contributed by atoms with E-state index >= 15 is 0 Å². The molecule has 0 aromatic heterocycles. The number of rotatable bonds is 6. The van der Waals surface area contributed by atoms with Crippen molar-refractivity contribution in [1.29, 1.82) is 0 Å². The van der Waals surface area contributed by atoms with Gasteiger partial charge in [0.2, 0.25) is 5.91 Å². The van der Waals surface area contributed by atoms with E-state index in [4.69, 9.17) is 16.3 Å². The van der Waals surface area contributed by atoms with Gasteiger partial charge in [-0.25, -0.2) is 4.79 Å². The molecule has 1 aliphatic rings. The lowest BCUT2D eigenvalue weighted by molar-refractivity contribution is -0.134. The predicted octanol–water partition coefficient (Wildman–Crippen LogP) is 3.72. The first-order valence-electron chi connectivity index (χ1n) is 8.48. The second-order valence-electron chi connectivity index (χ2n) is 6.01. The zero-order valence-electron chi connectivity index (χ0n) is 14.3. The van der Waals surface area contributed by atoms with Crippen LogP contribution in [0.5, 0.6) is 0 Å². The second kappa shape index (κ2) is 8.92. The number of hydrogen-bond donors (Lipinski definition) is 1. The number of carbonyl (C=O) groups excluding carboxylic acids is 2. The lowest BCUT2D eigenvalue weighted by Gasteiger charge is -2.35. The number of benzene rings is 1. The van der Waals surface area contributed by atoms with E-state index in [-0.39, 0.29) is 5.91 Å². The fourth-order valence-corrected chi connectivity index (χ4v) is 3.29. The molecular weight excluding hydrogens is 328 g/mol. The molecule has 2 rings (SSSR count). The zero-order valence-corrected chi connectivity index (χ0v) is 15.1. The molecule has 0 radical (unpaired) electrons. The molecule has 0 saturated carbocycles. The van der Waals surface area contributed by atoms with Crippen molar-refractivity contribution in [3.63, 3.8) is 0 Å². The maximum atomic E-state index is 12.4. The number of halogens is 1. The monoisotopic (exact) mass is 352 g/mol. The first kappa shape index (κ1) is 18.6. The van der Waals surface area contributed by atoms with Crippen LogP contribution in [0.3, 0.4) is 0 Å². The molecule has 1 aliphatic heterocycles. The quantitative estimate of drug-likeness (QED) is 0.793. The van der Waals surface area contributed by atoms with Crippen LogP contribution in [-0.2, 0) is 9.53 Å². The van der Waals surface area contributed by atoms with Gasteiger partial charge < -0.3 is 15.0 Å². The number of piperidine rings is 1. The van der Waals surface area contributed by atoms with Crippen LogP contribution in [0.25, 0.3) is 0 Å². The summed E-state index contributed by atoms with van der Waals surface area (Å²) in [4.78, 5) is 26.0. The summed E-state index contributed by atoms with van der Waals surface area (Å²) in [5.74, 6) is -0.237. The van der Waals surface area contributed by atoms with E-state index in [2.05, 4.69) is 12.2 Å². The molecule has 1 N–H and O–H groups in total. The number of nitrogens with one attached hydrogen (secondary N) is 1. The molecule has 1 aromatic carbocycles. The number of esters is 1. The molecule has 6 heteroatoms. The van der Waals surface area contributed by atoms with Crippen LogP contribution in [0.4, 0.5) is 5.69 Å². The maximum absolute atomic E-state index is 12.4. The Morgan fingerprint density at radius 1 is 1.38 bits per heavy atom. The van der Waals surface area contributed by atoms with Gasteiger partial charge in [-0.1, -0.05) is 18.5 Å². The van der Waals surface area contributed by atoms with E-state index in [1.165, 1.54) is 13.5 Å². The van der Waals surface area contributed by atoms with Gasteiger partial charge in [-0.15, -0.1) is 0 Å². The summed E-state index contributed by atoms with van der Waals surface area (Å²) in [7, 11) is 1.34. The molecule has 1 fully saturated rings. The number of anilines is 1. The van der Waals surface area contributed by atoms with Gasteiger partial charge in [-0.3, -0.25) is 4.79 Å². The van der Waals surface area contributed by atoms with E-state index in [1.54, 1.807) is 18.2 Å². The highest BCUT2D eigenvalue weighted by Crippen LogP contribution is 2.24. The Hall–Kier alpha value is -1.75. The zero-order chi connectivity index (χ0) is 17.5. The second-order valence-corrected chi connectivity index (χ2v) is 6.42.